The molecule has 0 aliphatic carbocycles. The Labute approximate surface area is 218 Å². The third-order valence-electron chi connectivity index (χ3n) is 5.49. The second-order valence-corrected chi connectivity index (χ2v) is 11.3. The summed E-state index contributed by atoms with van der Waals surface area (Å²) >= 11 is 0. The number of rotatable bonds is 12. The molecular weight excluding hydrogens is 476 g/mol. The first kappa shape index (κ1) is 29.6. The molecular formula is C28H38N2O7. The molecule has 0 bridgehead atoms. The molecule has 9 nitrogen and oxygen atoms in total. The van der Waals surface area contributed by atoms with Gasteiger partial charge in [-0.1, -0.05) is 32.0 Å². The fourth-order valence-electron chi connectivity index (χ4n) is 4.29. The normalized spacial score (nSPS) is 12.0. The fraction of sp³-hybridized carbons (Fsp3) is 0.500. The summed E-state index contributed by atoms with van der Waals surface area (Å²) in [6.07, 6.45) is 0.539. The Balaban J connectivity index is 1.95. The van der Waals surface area contributed by atoms with Gasteiger partial charge >= 0.3 is 5.97 Å². The highest BCUT2D eigenvalue weighted by Gasteiger charge is 2.39. The number of anilines is 1. The molecule has 2 rings (SSSR count). The summed E-state index contributed by atoms with van der Waals surface area (Å²) in [4.78, 5) is 40.4. The van der Waals surface area contributed by atoms with Crippen molar-refractivity contribution < 1.29 is 29.0 Å². The minimum Gasteiger partial charge on any atom is -0.476 e. The molecule has 202 valence electrons. The molecule has 0 atom stereocenters. The summed E-state index contributed by atoms with van der Waals surface area (Å²) in [6, 6.07) is 12.9. The first-order valence-corrected chi connectivity index (χ1v) is 12.1. The Morgan fingerprint density at radius 2 is 1.51 bits per heavy atom. The predicted octanol–water partition coefficient (Wildman–Crippen LogP) is 5.59. The number of nitrogens with one attached hydrogen (secondary N) is 1. The van der Waals surface area contributed by atoms with Crippen LogP contribution < -0.4 is 10.1 Å². The molecule has 1 N–H and O–H groups in total. The van der Waals surface area contributed by atoms with Crippen LogP contribution in [0.5, 0.6) is 5.75 Å². The van der Waals surface area contributed by atoms with Crippen molar-refractivity contribution in [2.75, 3.05) is 11.9 Å². The van der Waals surface area contributed by atoms with E-state index in [1.54, 1.807) is 65.8 Å². The summed E-state index contributed by atoms with van der Waals surface area (Å²) in [6.45, 7) is 14.2. The van der Waals surface area contributed by atoms with E-state index < -0.39 is 27.7 Å². The second-order valence-electron chi connectivity index (χ2n) is 11.3. The monoisotopic (exact) mass is 514 g/mol. The number of ether oxygens (including phenoxy) is 2. The van der Waals surface area contributed by atoms with Crippen LogP contribution in [0.2, 0.25) is 0 Å². The number of nitrogens with zero attached hydrogens (tertiary/aromatic N) is 1. The maximum atomic E-state index is 12.9. The fourth-order valence-corrected chi connectivity index (χ4v) is 4.29. The molecule has 2 aromatic carbocycles. The molecule has 0 aliphatic heterocycles. The second kappa shape index (κ2) is 11.6. The van der Waals surface area contributed by atoms with Crippen LogP contribution in [-0.2, 0) is 25.6 Å². The van der Waals surface area contributed by atoms with Gasteiger partial charge in [0, 0.05) is 5.69 Å². The van der Waals surface area contributed by atoms with E-state index in [1.165, 1.54) is 0 Å². The van der Waals surface area contributed by atoms with E-state index in [-0.39, 0.29) is 18.9 Å². The van der Waals surface area contributed by atoms with Crippen LogP contribution in [0.1, 0.15) is 64.7 Å². The lowest BCUT2D eigenvalue weighted by molar-refractivity contribution is -0.760. The van der Waals surface area contributed by atoms with Crippen molar-refractivity contribution in [1.82, 2.24) is 0 Å². The minimum atomic E-state index is -1.29. The highest BCUT2D eigenvalue weighted by molar-refractivity contribution is 5.92. The van der Waals surface area contributed by atoms with Gasteiger partial charge in [-0.15, -0.1) is 10.1 Å². The van der Waals surface area contributed by atoms with Crippen LogP contribution in [0.3, 0.4) is 0 Å². The highest BCUT2D eigenvalue weighted by atomic mass is 16.9. The van der Waals surface area contributed by atoms with Crippen molar-refractivity contribution in [2.45, 2.75) is 79.4 Å². The molecule has 0 saturated carbocycles. The van der Waals surface area contributed by atoms with Crippen molar-refractivity contribution in [1.29, 1.82) is 0 Å². The van der Waals surface area contributed by atoms with Crippen molar-refractivity contribution in [3.8, 4) is 5.75 Å². The molecule has 0 aromatic heterocycles. The number of benzene rings is 2. The smallest absolute Gasteiger partial charge is 0.350 e. The Morgan fingerprint density at radius 1 is 0.946 bits per heavy atom. The number of carbonyl (C=O) groups is 2. The van der Waals surface area contributed by atoms with Gasteiger partial charge in [0.2, 0.25) is 5.91 Å². The summed E-state index contributed by atoms with van der Waals surface area (Å²) in [5.74, 6) is -0.241. The maximum Gasteiger partial charge on any atom is 0.350 e. The van der Waals surface area contributed by atoms with Gasteiger partial charge in [-0.2, -0.15) is 0 Å². The summed E-state index contributed by atoms with van der Waals surface area (Å²) < 4.78 is 11.6. The maximum absolute atomic E-state index is 12.9. The molecule has 0 unspecified atom stereocenters. The average molecular weight is 515 g/mol. The van der Waals surface area contributed by atoms with Crippen LogP contribution in [0.25, 0.3) is 0 Å². The third kappa shape index (κ3) is 10.1. The Bertz CT molecular complexity index is 1100. The van der Waals surface area contributed by atoms with Gasteiger partial charge in [0.15, 0.2) is 5.60 Å². The number of carbonyl (C=O) groups excluding carboxylic acids is 2. The number of hydrogen-bond donors (Lipinski definition) is 1. The van der Waals surface area contributed by atoms with Gasteiger partial charge < -0.3 is 19.6 Å². The average Bonchev–Trinajstić information content (AvgIpc) is 2.71. The first-order valence-electron chi connectivity index (χ1n) is 12.1. The summed E-state index contributed by atoms with van der Waals surface area (Å²) in [5, 5.41) is 12.6. The van der Waals surface area contributed by atoms with Gasteiger partial charge in [-0.3, -0.25) is 4.79 Å². The number of aryl methyl sites for hydroxylation is 2. The van der Waals surface area contributed by atoms with Crippen LogP contribution in [-0.4, -0.2) is 34.8 Å². The molecule has 37 heavy (non-hydrogen) atoms. The van der Waals surface area contributed by atoms with Gasteiger partial charge in [0.25, 0.3) is 5.09 Å². The third-order valence-corrected chi connectivity index (χ3v) is 5.49. The Morgan fingerprint density at radius 3 is 2.05 bits per heavy atom. The van der Waals surface area contributed by atoms with Gasteiger partial charge in [0.1, 0.15) is 18.0 Å². The molecule has 2 aromatic rings. The first-order chi connectivity index (χ1) is 17.0. The van der Waals surface area contributed by atoms with Gasteiger partial charge in [0.05, 0.1) is 6.42 Å². The van der Waals surface area contributed by atoms with E-state index in [2.05, 4.69) is 10.2 Å². The number of hydrogen-bond acceptors (Lipinski definition) is 7. The number of esters is 1. The highest BCUT2D eigenvalue weighted by Crippen LogP contribution is 2.32. The van der Waals surface area contributed by atoms with Crippen LogP contribution in [0, 0.1) is 29.4 Å². The summed E-state index contributed by atoms with van der Waals surface area (Å²) in [5.41, 5.74) is 0.925. The molecule has 0 heterocycles. The largest absolute Gasteiger partial charge is 0.476 e. The van der Waals surface area contributed by atoms with Crippen molar-refractivity contribution in [3.05, 3.63) is 69.3 Å². The molecule has 9 heteroatoms. The van der Waals surface area contributed by atoms with Crippen LogP contribution in [0.4, 0.5) is 5.69 Å². The van der Waals surface area contributed by atoms with Crippen molar-refractivity contribution in [2.24, 2.45) is 5.41 Å². The molecule has 0 radical (unpaired) electrons. The number of amides is 1. The van der Waals surface area contributed by atoms with Crippen LogP contribution in [0.15, 0.2) is 42.5 Å². The Hall–Kier alpha value is -3.62. The zero-order valence-corrected chi connectivity index (χ0v) is 23.0. The van der Waals surface area contributed by atoms with E-state index in [0.717, 1.165) is 22.4 Å². The minimum absolute atomic E-state index is 0.115. The zero-order valence-electron chi connectivity index (χ0n) is 23.0. The molecule has 0 spiro atoms. The van der Waals surface area contributed by atoms with Gasteiger partial charge in [-0.05, 0) is 94.3 Å². The predicted molar refractivity (Wildman–Crippen MR) is 141 cm³/mol. The Kier molecular flexibility index (Phi) is 9.30. The molecule has 0 fully saturated rings. The lowest BCUT2D eigenvalue weighted by Crippen LogP contribution is -2.45. The van der Waals surface area contributed by atoms with E-state index in [0.29, 0.717) is 12.2 Å². The van der Waals surface area contributed by atoms with E-state index in [1.807, 2.05) is 32.0 Å². The quantitative estimate of drug-likeness (QED) is 0.223. The van der Waals surface area contributed by atoms with Crippen molar-refractivity contribution in [3.63, 3.8) is 0 Å². The van der Waals surface area contributed by atoms with E-state index >= 15 is 0 Å². The molecule has 1 amide bonds. The zero-order chi connectivity index (χ0) is 28.0. The summed E-state index contributed by atoms with van der Waals surface area (Å²) in [7, 11) is 0. The van der Waals surface area contributed by atoms with Gasteiger partial charge in [-0.25, -0.2) is 4.79 Å². The van der Waals surface area contributed by atoms with E-state index in [4.69, 9.17) is 9.47 Å². The standard InChI is InChI=1S/C28H38N2O7/c1-19-13-20(2)15-22(14-19)29-24(31)16-21-9-11-23(12-10-21)36-28(7,8)25(32)37-27(5,6)17-26(3,4)18-35-30(33)34/h9-15H,16-18H2,1-8H3,(H,29,31). The molecule has 0 saturated heterocycles. The topological polar surface area (TPSA) is 117 Å². The van der Waals surface area contributed by atoms with Crippen LogP contribution >= 0.6 is 0 Å². The lowest BCUT2D eigenvalue weighted by Gasteiger charge is -2.36. The molecule has 0 aliphatic rings. The lowest BCUT2D eigenvalue weighted by atomic mass is 9.82. The van der Waals surface area contributed by atoms with E-state index in [9.17, 15) is 19.7 Å². The van der Waals surface area contributed by atoms with Crippen molar-refractivity contribution >= 4 is 17.6 Å². The SMILES string of the molecule is Cc1cc(C)cc(NC(=O)Cc2ccc(OC(C)(C)C(=O)OC(C)(C)CC(C)(C)CO[N+](=O)[O-])cc2)c1.